The van der Waals surface area contributed by atoms with Crippen LogP contribution in [-0.4, -0.2) is 67.4 Å². The summed E-state index contributed by atoms with van der Waals surface area (Å²) in [4.78, 5) is 42.9. The number of hydrogen-bond donors (Lipinski definition) is 0. The molecule has 0 spiro atoms. The van der Waals surface area contributed by atoms with E-state index in [1.807, 2.05) is 18.9 Å². The van der Waals surface area contributed by atoms with Crippen molar-refractivity contribution in [3.63, 3.8) is 0 Å². The summed E-state index contributed by atoms with van der Waals surface area (Å²) in [5.74, 6) is -1.42. The van der Waals surface area contributed by atoms with Crippen LogP contribution in [0.15, 0.2) is 35.0 Å². The lowest BCUT2D eigenvalue weighted by Gasteiger charge is -2.36. The number of esters is 1. The van der Waals surface area contributed by atoms with Gasteiger partial charge in [0.15, 0.2) is 0 Å². The number of anilines is 1. The van der Waals surface area contributed by atoms with Crippen molar-refractivity contribution < 1.29 is 19.1 Å². The van der Waals surface area contributed by atoms with Crippen LogP contribution in [0, 0.1) is 0 Å². The Morgan fingerprint density at radius 2 is 1.79 bits per heavy atom. The molecule has 1 saturated heterocycles. The average molecular weight is 420 g/mol. The third-order valence-corrected chi connectivity index (χ3v) is 5.73. The summed E-state index contributed by atoms with van der Waals surface area (Å²) in [5.41, 5.74) is 0.971. The van der Waals surface area contributed by atoms with E-state index in [2.05, 4.69) is 11.9 Å². The molecule has 7 nitrogen and oxygen atoms in total. The maximum absolute atomic E-state index is 13.1. The van der Waals surface area contributed by atoms with Gasteiger partial charge in [0.2, 0.25) is 0 Å². The molecule has 0 radical (unpaired) electrons. The van der Waals surface area contributed by atoms with E-state index in [1.165, 1.54) is 0 Å². The number of ether oxygens (including phenoxy) is 1. The molecule has 0 aromatic heterocycles. The highest BCUT2D eigenvalue weighted by atomic mass is 35.5. The molecule has 3 rings (SSSR count). The highest BCUT2D eigenvalue weighted by molar-refractivity contribution is 6.52. The fraction of sp³-hybridized carbons (Fsp3) is 0.476. The van der Waals surface area contributed by atoms with E-state index in [9.17, 15) is 14.4 Å². The molecular weight excluding hydrogens is 394 g/mol. The number of amides is 2. The highest BCUT2D eigenvalue weighted by Gasteiger charge is 2.42. The molecule has 2 amide bonds. The Labute approximate surface area is 175 Å². The Morgan fingerprint density at radius 3 is 2.38 bits per heavy atom. The molecule has 8 heteroatoms. The van der Waals surface area contributed by atoms with Crippen molar-refractivity contribution in [2.24, 2.45) is 0 Å². The molecule has 2 aliphatic rings. The van der Waals surface area contributed by atoms with E-state index >= 15 is 0 Å². The van der Waals surface area contributed by atoms with E-state index in [0.29, 0.717) is 17.9 Å². The monoisotopic (exact) mass is 419 g/mol. The topological polar surface area (TPSA) is 70.2 Å². The van der Waals surface area contributed by atoms with Crippen molar-refractivity contribution in [1.29, 1.82) is 0 Å². The first-order valence-corrected chi connectivity index (χ1v) is 10.2. The van der Waals surface area contributed by atoms with Crippen LogP contribution in [0.25, 0.3) is 0 Å². The minimum atomic E-state index is -0.548. The highest BCUT2D eigenvalue weighted by Crippen LogP contribution is 2.33. The van der Waals surface area contributed by atoms with Crippen LogP contribution in [0.5, 0.6) is 0 Å². The van der Waals surface area contributed by atoms with Crippen molar-refractivity contribution in [3.05, 3.63) is 40.6 Å². The second kappa shape index (κ2) is 8.97. The van der Waals surface area contributed by atoms with Gasteiger partial charge >= 0.3 is 5.97 Å². The number of imide groups is 1. The van der Waals surface area contributed by atoms with Crippen molar-refractivity contribution in [1.82, 2.24) is 9.80 Å². The molecule has 0 bridgehead atoms. The Kier molecular flexibility index (Phi) is 6.59. The third kappa shape index (κ3) is 4.31. The van der Waals surface area contributed by atoms with Crippen LogP contribution in [-0.2, 0) is 14.3 Å². The van der Waals surface area contributed by atoms with Crippen LogP contribution in [0.3, 0.4) is 0 Å². The zero-order valence-electron chi connectivity index (χ0n) is 17.0. The maximum atomic E-state index is 13.1. The number of likely N-dealkylation sites (N-methyl/N-ethyl adjacent to an activating group) is 1. The predicted octanol–water partition coefficient (Wildman–Crippen LogP) is 2.60. The zero-order valence-corrected chi connectivity index (χ0v) is 17.7. The number of likely N-dealkylation sites (tertiary alicyclic amines) is 1. The van der Waals surface area contributed by atoms with Crippen LogP contribution < -0.4 is 4.90 Å². The van der Waals surface area contributed by atoms with Gasteiger partial charge in [0.1, 0.15) is 10.7 Å². The molecule has 1 fully saturated rings. The molecule has 156 valence electrons. The fourth-order valence-electron chi connectivity index (χ4n) is 3.62. The molecule has 0 saturated carbocycles. The Morgan fingerprint density at radius 1 is 1.17 bits per heavy atom. The molecule has 29 heavy (non-hydrogen) atoms. The number of piperidine rings is 1. The minimum Gasteiger partial charge on any atom is -0.462 e. The van der Waals surface area contributed by atoms with E-state index < -0.39 is 17.8 Å². The summed E-state index contributed by atoms with van der Waals surface area (Å²) in [6, 6.07) is 6.35. The molecule has 1 aromatic carbocycles. The number of carbonyl (C=O) groups excluding carboxylic acids is 3. The number of rotatable bonds is 6. The van der Waals surface area contributed by atoms with Crippen LogP contribution in [0.4, 0.5) is 5.69 Å². The first-order chi connectivity index (χ1) is 13.8. The fourth-order valence-corrected chi connectivity index (χ4v) is 3.92. The van der Waals surface area contributed by atoms with Crippen molar-refractivity contribution in [2.75, 3.05) is 38.7 Å². The molecule has 0 atom stereocenters. The smallest absolute Gasteiger partial charge is 0.338 e. The Balaban J connectivity index is 1.76. The summed E-state index contributed by atoms with van der Waals surface area (Å²) in [6.07, 6.45) is 2.53. The number of benzene rings is 1. The SMILES string of the molecule is CCCOC(=O)c1ccc(N2C(=O)C(Cl)=C(N(C)C3CCN(C)CC3)C2=O)cc1. The van der Waals surface area contributed by atoms with Gasteiger partial charge in [0, 0.05) is 13.1 Å². The molecule has 0 N–H and O–H groups in total. The van der Waals surface area contributed by atoms with E-state index in [-0.39, 0.29) is 16.8 Å². The summed E-state index contributed by atoms with van der Waals surface area (Å²) < 4.78 is 5.10. The molecule has 1 aromatic rings. The zero-order chi connectivity index (χ0) is 21.1. The lowest BCUT2D eigenvalue weighted by atomic mass is 10.0. The lowest BCUT2D eigenvalue weighted by molar-refractivity contribution is -0.121. The maximum Gasteiger partial charge on any atom is 0.338 e. The first kappa shape index (κ1) is 21.3. The molecule has 0 aliphatic carbocycles. The van der Waals surface area contributed by atoms with Gasteiger partial charge in [-0.2, -0.15) is 0 Å². The van der Waals surface area contributed by atoms with Crippen LogP contribution in [0.2, 0.25) is 0 Å². The van der Waals surface area contributed by atoms with Crippen LogP contribution >= 0.6 is 11.6 Å². The lowest BCUT2D eigenvalue weighted by Crippen LogP contribution is -2.43. The largest absolute Gasteiger partial charge is 0.462 e. The summed E-state index contributed by atoms with van der Waals surface area (Å²) >= 11 is 6.29. The molecule has 2 heterocycles. The van der Waals surface area contributed by atoms with Crippen molar-refractivity contribution in [2.45, 2.75) is 32.2 Å². The van der Waals surface area contributed by atoms with E-state index in [1.54, 1.807) is 24.3 Å². The third-order valence-electron chi connectivity index (χ3n) is 5.39. The predicted molar refractivity (Wildman–Crippen MR) is 111 cm³/mol. The normalized spacial score (nSPS) is 18.6. The van der Waals surface area contributed by atoms with Gasteiger partial charge in [0.05, 0.1) is 17.9 Å². The molecular formula is C21H26ClN3O4. The number of hydrogen-bond acceptors (Lipinski definition) is 6. The van der Waals surface area contributed by atoms with Gasteiger partial charge in [-0.1, -0.05) is 18.5 Å². The molecule has 0 unspecified atom stereocenters. The second-order valence-corrected chi connectivity index (χ2v) is 7.81. The van der Waals surface area contributed by atoms with Gasteiger partial charge in [-0.05, 0) is 63.7 Å². The quantitative estimate of drug-likeness (QED) is 0.521. The summed E-state index contributed by atoms with van der Waals surface area (Å²) in [7, 11) is 3.88. The number of nitrogens with zero attached hydrogens (tertiary/aromatic N) is 3. The Hall–Kier alpha value is -2.38. The minimum absolute atomic E-state index is 0.0668. The van der Waals surface area contributed by atoms with E-state index in [0.717, 1.165) is 37.3 Å². The molecule has 2 aliphatic heterocycles. The summed E-state index contributed by atoms with van der Waals surface area (Å²) in [6.45, 7) is 4.12. The van der Waals surface area contributed by atoms with Gasteiger partial charge in [-0.3, -0.25) is 9.59 Å². The Bertz CT molecular complexity index is 829. The standard InChI is InChI=1S/C21H26ClN3O4/c1-4-13-29-21(28)14-5-7-16(8-6-14)25-19(26)17(22)18(20(25)27)24(3)15-9-11-23(2)12-10-15/h5-8,15H,4,9-13H2,1-3H3. The van der Waals surface area contributed by atoms with E-state index in [4.69, 9.17) is 16.3 Å². The van der Waals surface area contributed by atoms with Gasteiger partial charge in [-0.25, -0.2) is 9.69 Å². The van der Waals surface area contributed by atoms with Gasteiger partial charge < -0.3 is 14.5 Å². The average Bonchev–Trinajstić information content (AvgIpc) is 2.94. The summed E-state index contributed by atoms with van der Waals surface area (Å²) in [5, 5.41) is -0.0668. The van der Waals surface area contributed by atoms with Crippen molar-refractivity contribution >= 4 is 35.1 Å². The second-order valence-electron chi connectivity index (χ2n) is 7.44. The van der Waals surface area contributed by atoms with Gasteiger partial charge in [0.25, 0.3) is 11.8 Å². The van der Waals surface area contributed by atoms with Crippen molar-refractivity contribution in [3.8, 4) is 0 Å². The number of halogens is 1. The number of carbonyl (C=O) groups is 3. The van der Waals surface area contributed by atoms with Crippen LogP contribution in [0.1, 0.15) is 36.5 Å². The van der Waals surface area contributed by atoms with Gasteiger partial charge in [-0.15, -0.1) is 0 Å². The first-order valence-electron chi connectivity index (χ1n) is 9.82.